The predicted octanol–water partition coefficient (Wildman–Crippen LogP) is 1.36. The second-order valence-corrected chi connectivity index (χ2v) is 8.74. The van der Waals surface area contributed by atoms with Crippen molar-refractivity contribution in [2.24, 2.45) is 5.41 Å². The Morgan fingerprint density at radius 1 is 0.875 bits per heavy atom. The van der Waals surface area contributed by atoms with Crippen LogP contribution >= 0.6 is 0 Å². The second kappa shape index (κ2) is 5.38. The van der Waals surface area contributed by atoms with Gasteiger partial charge in [0.1, 0.15) is 30.5 Å². The number of ether oxygens (including phenoxy) is 5. The minimum absolute atomic E-state index is 0.407. The second-order valence-electron chi connectivity index (χ2n) is 8.74. The SMILES string of the molecule is CC1(C)O[C@H]2[C@@H](O1)[C@H](OC(=O)C(C)(C)C)[C@@H](O)[C@@H]1OC(C)(C)O[C@H]21. The van der Waals surface area contributed by atoms with Gasteiger partial charge in [-0.2, -0.15) is 0 Å². The molecule has 0 radical (unpaired) electrons. The number of hydrogen-bond acceptors (Lipinski definition) is 7. The molecule has 0 aromatic heterocycles. The minimum Gasteiger partial charge on any atom is -0.456 e. The molecule has 0 aromatic rings. The highest BCUT2D eigenvalue weighted by molar-refractivity contribution is 5.75. The Hall–Kier alpha value is -0.730. The maximum Gasteiger partial charge on any atom is 0.311 e. The third-order valence-electron chi connectivity index (χ3n) is 4.50. The smallest absolute Gasteiger partial charge is 0.311 e. The highest BCUT2D eigenvalue weighted by Crippen LogP contribution is 2.45. The number of carbonyl (C=O) groups is 1. The molecule has 24 heavy (non-hydrogen) atoms. The average Bonchev–Trinajstić information content (AvgIpc) is 2.89. The standard InChI is InChI=1S/C17H28O7/c1-15(2,3)14(19)20-9-8(18)10-12(23-16(4,5)21-10)13-11(9)22-17(6,7)24-13/h8-13,18H,1-7H3/t8-,9-,10+,11+,12+,13+/m1/s1. The molecule has 0 amide bonds. The van der Waals surface area contributed by atoms with Crippen molar-refractivity contribution in [1.82, 2.24) is 0 Å². The van der Waals surface area contributed by atoms with Crippen LogP contribution in [-0.4, -0.2) is 59.3 Å². The van der Waals surface area contributed by atoms with Crippen molar-refractivity contribution < 1.29 is 33.6 Å². The molecule has 0 unspecified atom stereocenters. The van der Waals surface area contributed by atoms with E-state index in [0.29, 0.717) is 0 Å². The molecule has 138 valence electrons. The lowest BCUT2D eigenvalue weighted by Crippen LogP contribution is -2.63. The lowest BCUT2D eigenvalue weighted by atomic mass is 9.84. The van der Waals surface area contributed by atoms with Crippen LogP contribution in [0.3, 0.4) is 0 Å². The van der Waals surface area contributed by atoms with E-state index < -0.39 is 59.6 Å². The molecule has 7 heteroatoms. The third kappa shape index (κ3) is 3.08. The van der Waals surface area contributed by atoms with Crippen LogP contribution in [0, 0.1) is 5.41 Å². The first-order chi connectivity index (χ1) is 10.8. The van der Waals surface area contributed by atoms with Gasteiger partial charge >= 0.3 is 5.97 Å². The van der Waals surface area contributed by atoms with E-state index in [4.69, 9.17) is 23.7 Å². The molecule has 1 saturated carbocycles. The Morgan fingerprint density at radius 3 is 1.79 bits per heavy atom. The van der Waals surface area contributed by atoms with Gasteiger partial charge in [-0.25, -0.2) is 0 Å². The Kier molecular flexibility index (Phi) is 4.05. The van der Waals surface area contributed by atoms with Crippen molar-refractivity contribution in [3.8, 4) is 0 Å². The average molecular weight is 344 g/mol. The van der Waals surface area contributed by atoms with E-state index in [1.807, 2.05) is 0 Å². The molecule has 3 aliphatic rings. The quantitative estimate of drug-likeness (QED) is 0.719. The largest absolute Gasteiger partial charge is 0.456 e. The lowest BCUT2D eigenvalue weighted by molar-refractivity contribution is -0.204. The zero-order chi connectivity index (χ0) is 18.1. The fraction of sp³-hybridized carbons (Fsp3) is 0.941. The number of aliphatic hydroxyl groups is 1. The van der Waals surface area contributed by atoms with Crippen LogP contribution < -0.4 is 0 Å². The Morgan fingerprint density at radius 2 is 1.29 bits per heavy atom. The monoisotopic (exact) mass is 344 g/mol. The van der Waals surface area contributed by atoms with Crippen molar-refractivity contribution >= 4 is 5.97 Å². The van der Waals surface area contributed by atoms with E-state index in [1.54, 1.807) is 48.5 Å². The van der Waals surface area contributed by atoms with Crippen molar-refractivity contribution in [2.45, 2.75) is 96.7 Å². The summed E-state index contributed by atoms with van der Waals surface area (Å²) in [5.74, 6) is -2.11. The van der Waals surface area contributed by atoms with Crippen molar-refractivity contribution in [3.63, 3.8) is 0 Å². The summed E-state index contributed by atoms with van der Waals surface area (Å²) in [5, 5.41) is 10.8. The van der Waals surface area contributed by atoms with E-state index in [2.05, 4.69) is 0 Å². The lowest BCUT2D eigenvalue weighted by Gasteiger charge is -2.40. The molecule has 3 rings (SSSR count). The number of esters is 1. The molecule has 2 saturated heterocycles. The van der Waals surface area contributed by atoms with Gasteiger partial charge in [0.15, 0.2) is 17.7 Å². The van der Waals surface area contributed by atoms with E-state index in [9.17, 15) is 9.90 Å². The van der Waals surface area contributed by atoms with Gasteiger partial charge < -0.3 is 28.8 Å². The van der Waals surface area contributed by atoms with Crippen molar-refractivity contribution in [1.29, 1.82) is 0 Å². The number of hydrogen-bond donors (Lipinski definition) is 1. The van der Waals surface area contributed by atoms with Gasteiger partial charge in [0.05, 0.1) is 5.41 Å². The van der Waals surface area contributed by atoms with Gasteiger partial charge in [-0.05, 0) is 48.5 Å². The molecule has 7 nitrogen and oxygen atoms in total. The summed E-state index contributed by atoms with van der Waals surface area (Å²) in [6.45, 7) is 12.4. The van der Waals surface area contributed by atoms with E-state index in [1.165, 1.54) is 0 Å². The summed E-state index contributed by atoms with van der Waals surface area (Å²) in [7, 11) is 0. The van der Waals surface area contributed by atoms with Crippen LogP contribution in [0.5, 0.6) is 0 Å². The topological polar surface area (TPSA) is 83.5 Å². The molecular formula is C17H28O7. The zero-order valence-corrected chi connectivity index (χ0v) is 15.4. The molecule has 0 aromatic carbocycles. The van der Waals surface area contributed by atoms with Crippen LogP contribution in [0.1, 0.15) is 48.5 Å². The zero-order valence-electron chi connectivity index (χ0n) is 15.4. The van der Waals surface area contributed by atoms with Gasteiger partial charge in [0, 0.05) is 0 Å². The summed E-state index contributed by atoms with van der Waals surface area (Å²) in [6, 6.07) is 0. The first-order valence-corrected chi connectivity index (χ1v) is 8.41. The number of aliphatic hydroxyl groups excluding tert-OH is 1. The fourth-order valence-corrected chi connectivity index (χ4v) is 3.48. The first-order valence-electron chi connectivity index (χ1n) is 8.41. The number of rotatable bonds is 1. The van der Waals surface area contributed by atoms with Crippen molar-refractivity contribution in [3.05, 3.63) is 0 Å². The first kappa shape index (κ1) is 18.1. The summed E-state index contributed by atoms with van der Waals surface area (Å²) in [4.78, 5) is 12.3. The van der Waals surface area contributed by atoms with Gasteiger partial charge in [-0.3, -0.25) is 4.79 Å². The predicted molar refractivity (Wildman–Crippen MR) is 83.0 cm³/mol. The van der Waals surface area contributed by atoms with E-state index in [0.717, 1.165) is 0 Å². The maximum absolute atomic E-state index is 12.3. The Labute approximate surface area is 142 Å². The highest BCUT2D eigenvalue weighted by Gasteiger charge is 2.64. The van der Waals surface area contributed by atoms with Crippen LogP contribution in [0.25, 0.3) is 0 Å². The molecule has 1 N–H and O–H groups in total. The van der Waals surface area contributed by atoms with Crippen LogP contribution in [0.15, 0.2) is 0 Å². The van der Waals surface area contributed by atoms with Crippen LogP contribution in [-0.2, 0) is 28.5 Å². The van der Waals surface area contributed by atoms with Crippen LogP contribution in [0.2, 0.25) is 0 Å². The Balaban J connectivity index is 1.90. The fourth-order valence-electron chi connectivity index (χ4n) is 3.48. The number of carbonyl (C=O) groups excluding carboxylic acids is 1. The van der Waals surface area contributed by atoms with E-state index in [-0.39, 0.29) is 0 Å². The van der Waals surface area contributed by atoms with Gasteiger partial charge in [0.25, 0.3) is 0 Å². The summed E-state index contributed by atoms with van der Waals surface area (Å²) in [6.07, 6.45) is -4.14. The molecule has 1 aliphatic carbocycles. The van der Waals surface area contributed by atoms with Crippen molar-refractivity contribution in [2.75, 3.05) is 0 Å². The molecular weight excluding hydrogens is 316 g/mol. The van der Waals surface area contributed by atoms with Gasteiger partial charge in [-0.1, -0.05) is 0 Å². The van der Waals surface area contributed by atoms with Gasteiger partial charge in [-0.15, -0.1) is 0 Å². The summed E-state index contributed by atoms with van der Waals surface area (Å²) < 4.78 is 29.3. The molecule has 2 aliphatic heterocycles. The third-order valence-corrected chi connectivity index (χ3v) is 4.50. The number of fused-ring (bicyclic) bond motifs is 3. The minimum atomic E-state index is -1.05. The van der Waals surface area contributed by atoms with Gasteiger partial charge in [0.2, 0.25) is 0 Å². The molecule has 0 bridgehead atoms. The summed E-state index contributed by atoms with van der Waals surface area (Å²) >= 11 is 0. The molecule has 6 atom stereocenters. The summed E-state index contributed by atoms with van der Waals surface area (Å²) in [5.41, 5.74) is -0.687. The molecule has 3 fully saturated rings. The maximum atomic E-state index is 12.3. The van der Waals surface area contributed by atoms with E-state index >= 15 is 0 Å². The Bertz CT molecular complexity index is 522. The molecule has 2 heterocycles. The van der Waals surface area contributed by atoms with Crippen LogP contribution in [0.4, 0.5) is 0 Å². The normalized spacial score (nSPS) is 43.2. The highest BCUT2D eigenvalue weighted by atomic mass is 16.8. The molecule has 0 spiro atoms.